The highest BCUT2D eigenvalue weighted by Gasteiger charge is 2.09. The minimum absolute atomic E-state index is 0.267. The van der Waals surface area contributed by atoms with Gasteiger partial charge in [-0.1, -0.05) is 13.8 Å². The third-order valence-electron chi connectivity index (χ3n) is 2.88. The Hall–Kier alpha value is -1.46. The van der Waals surface area contributed by atoms with E-state index in [1.54, 1.807) is 17.4 Å². The Bertz CT molecular complexity index is 569. The summed E-state index contributed by atoms with van der Waals surface area (Å²) in [6, 6.07) is 4.52. The highest BCUT2D eigenvalue weighted by molar-refractivity contribution is 7.09. The molecule has 0 fully saturated rings. The number of nitrogens with zero attached hydrogens (tertiary/aromatic N) is 1. The SMILES string of the molecule is CC(C)c1nc(COc2ccc(F)cc2CCN)cs1. The van der Waals surface area contributed by atoms with Gasteiger partial charge in [-0.3, -0.25) is 0 Å². The standard InChI is InChI=1S/C15H19FN2OS/c1-10(2)15-18-13(9-20-15)8-19-14-4-3-12(16)7-11(14)5-6-17/h3-4,7,9-10H,5-6,8,17H2,1-2H3. The number of aromatic nitrogens is 1. The van der Waals surface area contributed by atoms with Crippen molar-refractivity contribution < 1.29 is 9.13 Å². The average Bonchev–Trinajstić information content (AvgIpc) is 2.87. The lowest BCUT2D eigenvalue weighted by Crippen LogP contribution is -2.06. The summed E-state index contributed by atoms with van der Waals surface area (Å²) in [5, 5.41) is 3.10. The van der Waals surface area contributed by atoms with Gasteiger partial charge in [0.2, 0.25) is 0 Å². The number of thiazole rings is 1. The zero-order valence-electron chi connectivity index (χ0n) is 11.7. The second-order valence-corrected chi connectivity index (χ2v) is 5.80. The summed E-state index contributed by atoms with van der Waals surface area (Å²) in [4.78, 5) is 4.51. The van der Waals surface area contributed by atoms with Gasteiger partial charge in [-0.15, -0.1) is 11.3 Å². The smallest absolute Gasteiger partial charge is 0.131 e. The van der Waals surface area contributed by atoms with Crippen LogP contribution in [0, 0.1) is 5.82 Å². The van der Waals surface area contributed by atoms with Gasteiger partial charge in [-0.05, 0) is 36.7 Å². The number of rotatable bonds is 6. The summed E-state index contributed by atoms with van der Waals surface area (Å²) in [5.41, 5.74) is 7.24. The molecule has 1 heterocycles. The second-order valence-electron chi connectivity index (χ2n) is 4.91. The highest BCUT2D eigenvalue weighted by atomic mass is 32.1. The summed E-state index contributed by atoms with van der Waals surface area (Å²) < 4.78 is 19.0. The van der Waals surface area contributed by atoms with E-state index in [0.717, 1.165) is 16.3 Å². The first-order chi connectivity index (χ1) is 9.60. The van der Waals surface area contributed by atoms with Gasteiger partial charge in [0.1, 0.15) is 18.2 Å². The molecule has 3 nitrogen and oxygen atoms in total. The van der Waals surface area contributed by atoms with E-state index in [0.29, 0.717) is 31.2 Å². The summed E-state index contributed by atoms with van der Waals surface area (Å²) >= 11 is 1.64. The van der Waals surface area contributed by atoms with Gasteiger partial charge < -0.3 is 10.5 Å². The van der Waals surface area contributed by atoms with Crippen LogP contribution < -0.4 is 10.5 Å². The van der Waals surface area contributed by atoms with Crippen molar-refractivity contribution in [2.75, 3.05) is 6.54 Å². The van der Waals surface area contributed by atoms with E-state index in [2.05, 4.69) is 18.8 Å². The first kappa shape index (κ1) is 14.9. The Morgan fingerprint density at radius 3 is 2.85 bits per heavy atom. The molecule has 1 aromatic carbocycles. The first-order valence-electron chi connectivity index (χ1n) is 6.65. The van der Waals surface area contributed by atoms with E-state index in [9.17, 15) is 4.39 Å². The van der Waals surface area contributed by atoms with Gasteiger partial charge in [0.15, 0.2) is 0 Å². The molecule has 2 rings (SSSR count). The number of nitrogens with two attached hydrogens (primary N) is 1. The molecule has 0 atom stereocenters. The Labute approximate surface area is 122 Å². The van der Waals surface area contributed by atoms with Crippen molar-refractivity contribution in [1.29, 1.82) is 0 Å². The maximum Gasteiger partial charge on any atom is 0.131 e. The summed E-state index contributed by atoms with van der Waals surface area (Å²) in [6.07, 6.45) is 0.599. The van der Waals surface area contributed by atoms with Gasteiger partial charge in [0.05, 0.1) is 10.7 Å². The molecule has 0 aliphatic rings. The Morgan fingerprint density at radius 2 is 2.20 bits per heavy atom. The molecule has 2 N–H and O–H groups in total. The van der Waals surface area contributed by atoms with Crippen LogP contribution in [0.25, 0.3) is 0 Å². The van der Waals surface area contributed by atoms with Crippen LogP contribution in [-0.2, 0) is 13.0 Å². The minimum Gasteiger partial charge on any atom is -0.487 e. The molecule has 0 amide bonds. The molecule has 0 saturated heterocycles. The predicted molar refractivity (Wildman–Crippen MR) is 79.7 cm³/mol. The van der Waals surface area contributed by atoms with Crippen LogP contribution in [0.2, 0.25) is 0 Å². The molecule has 108 valence electrons. The van der Waals surface area contributed by atoms with Crippen LogP contribution in [0.5, 0.6) is 5.75 Å². The third-order valence-corrected chi connectivity index (χ3v) is 4.07. The first-order valence-corrected chi connectivity index (χ1v) is 7.53. The quantitative estimate of drug-likeness (QED) is 0.887. The molecule has 1 aromatic heterocycles. The number of hydrogen-bond donors (Lipinski definition) is 1. The summed E-state index contributed by atoms with van der Waals surface area (Å²) in [6.45, 7) is 5.09. The van der Waals surface area contributed by atoms with E-state index in [4.69, 9.17) is 10.5 Å². The molecular weight excluding hydrogens is 275 g/mol. The summed E-state index contributed by atoms with van der Waals surface area (Å²) in [7, 11) is 0. The molecule has 0 unspecified atom stereocenters. The van der Waals surface area contributed by atoms with Crippen LogP contribution in [-0.4, -0.2) is 11.5 Å². The summed E-state index contributed by atoms with van der Waals surface area (Å²) in [5.74, 6) is 0.833. The van der Waals surface area contributed by atoms with Crippen molar-refractivity contribution in [2.24, 2.45) is 5.73 Å². The van der Waals surface area contributed by atoms with Crippen molar-refractivity contribution in [3.8, 4) is 5.75 Å². The normalized spacial score (nSPS) is 11.1. The Balaban J connectivity index is 2.06. The van der Waals surface area contributed by atoms with E-state index in [-0.39, 0.29) is 5.82 Å². The fraction of sp³-hybridized carbons (Fsp3) is 0.400. The zero-order chi connectivity index (χ0) is 14.5. The Kier molecular flexibility index (Phi) is 5.09. The highest BCUT2D eigenvalue weighted by Crippen LogP contribution is 2.23. The van der Waals surface area contributed by atoms with E-state index < -0.39 is 0 Å². The maximum absolute atomic E-state index is 13.2. The number of hydrogen-bond acceptors (Lipinski definition) is 4. The van der Waals surface area contributed by atoms with Crippen LogP contribution >= 0.6 is 11.3 Å². The van der Waals surface area contributed by atoms with Gasteiger partial charge in [0, 0.05) is 11.3 Å². The molecule has 0 bridgehead atoms. The minimum atomic E-state index is -0.267. The lowest BCUT2D eigenvalue weighted by atomic mass is 10.1. The van der Waals surface area contributed by atoms with Crippen LogP contribution in [0.1, 0.15) is 36.0 Å². The van der Waals surface area contributed by atoms with Crippen LogP contribution in [0.4, 0.5) is 4.39 Å². The molecule has 5 heteroatoms. The molecule has 0 radical (unpaired) electrons. The monoisotopic (exact) mass is 294 g/mol. The van der Waals surface area contributed by atoms with E-state index in [1.165, 1.54) is 12.1 Å². The molecule has 20 heavy (non-hydrogen) atoms. The molecular formula is C15H19FN2OS. The lowest BCUT2D eigenvalue weighted by molar-refractivity contribution is 0.298. The van der Waals surface area contributed by atoms with Gasteiger partial charge in [0.25, 0.3) is 0 Å². The number of ether oxygens (including phenoxy) is 1. The van der Waals surface area contributed by atoms with Crippen molar-refractivity contribution in [2.45, 2.75) is 32.8 Å². The Morgan fingerprint density at radius 1 is 1.40 bits per heavy atom. The predicted octanol–water partition coefficient (Wildman–Crippen LogP) is 3.49. The van der Waals surface area contributed by atoms with Crippen molar-refractivity contribution >= 4 is 11.3 Å². The fourth-order valence-corrected chi connectivity index (χ4v) is 2.67. The average molecular weight is 294 g/mol. The van der Waals surface area contributed by atoms with Gasteiger partial charge >= 0.3 is 0 Å². The number of benzene rings is 1. The van der Waals surface area contributed by atoms with Gasteiger partial charge in [-0.25, -0.2) is 9.37 Å². The zero-order valence-corrected chi connectivity index (χ0v) is 12.5. The van der Waals surface area contributed by atoms with Crippen LogP contribution in [0.15, 0.2) is 23.6 Å². The third kappa shape index (κ3) is 3.77. The molecule has 0 saturated carbocycles. The van der Waals surface area contributed by atoms with Gasteiger partial charge in [-0.2, -0.15) is 0 Å². The molecule has 0 aliphatic heterocycles. The van der Waals surface area contributed by atoms with Crippen molar-refractivity contribution in [3.63, 3.8) is 0 Å². The van der Waals surface area contributed by atoms with E-state index in [1.807, 2.05) is 5.38 Å². The second kappa shape index (κ2) is 6.81. The largest absolute Gasteiger partial charge is 0.487 e. The maximum atomic E-state index is 13.2. The van der Waals surface area contributed by atoms with Crippen molar-refractivity contribution in [3.05, 3.63) is 45.7 Å². The molecule has 2 aromatic rings. The molecule has 0 aliphatic carbocycles. The number of halogens is 1. The fourth-order valence-electron chi connectivity index (χ4n) is 1.85. The lowest BCUT2D eigenvalue weighted by Gasteiger charge is -2.10. The van der Waals surface area contributed by atoms with Crippen molar-refractivity contribution in [1.82, 2.24) is 4.98 Å². The van der Waals surface area contributed by atoms with Crippen LogP contribution in [0.3, 0.4) is 0 Å². The topological polar surface area (TPSA) is 48.1 Å². The van der Waals surface area contributed by atoms with E-state index >= 15 is 0 Å². The molecule has 0 spiro atoms.